The fourth-order valence-corrected chi connectivity index (χ4v) is 2.29. The van der Waals surface area contributed by atoms with Crippen molar-refractivity contribution in [1.29, 1.82) is 0 Å². The van der Waals surface area contributed by atoms with Crippen LogP contribution in [-0.2, 0) is 0 Å². The van der Waals surface area contributed by atoms with E-state index in [-0.39, 0.29) is 0 Å². The lowest BCUT2D eigenvalue weighted by Gasteiger charge is -2.34. The van der Waals surface area contributed by atoms with Crippen LogP contribution in [0.1, 0.15) is 12.8 Å². The van der Waals surface area contributed by atoms with Crippen LogP contribution in [0.3, 0.4) is 0 Å². The maximum atomic E-state index is 6.12. The number of aromatic nitrogens is 1. The first-order valence-electron chi connectivity index (χ1n) is 5.33. The smallest absolute Gasteiger partial charge is 0.0822 e. The SMILES string of the molecule is CNC1CCCN(c2ccncc2Cl)C1. The van der Waals surface area contributed by atoms with E-state index in [1.807, 2.05) is 13.1 Å². The van der Waals surface area contributed by atoms with Crippen molar-refractivity contribution in [1.82, 2.24) is 10.3 Å². The molecule has 0 aliphatic carbocycles. The molecule has 1 atom stereocenters. The highest BCUT2D eigenvalue weighted by Crippen LogP contribution is 2.26. The highest BCUT2D eigenvalue weighted by molar-refractivity contribution is 6.33. The molecule has 1 aliphatic rings. The summed E-state index contributed by atoms with van der Waals surface area (Å²) in [5.41, 5.74) is 1.10. The Morgan fingerprint density at radius 2 is 2.47 bits per heavy atom. The average molecular weight is 226 g/mol. The van der Waals surface area contributed by atoms with Crippen LogP contribution in [0.4, 0.5) is 5.69 Å². The number of nitrogens with one attached hydrogen (secondary N) is 1. The van der Waals surface area contributed by atoms with Gasteiger partial charge in [0.2, 0.25) is 0 Å². The van der Waals surface area contributed by atoms with Gasteiger partial charge >= 0.3 is 0 Å². The van der Waals surface area contributed by atoms with Crippen molar-refractivity contribution in [2.24, 2.45) is 0 Å². The number of likely N-dealkylation sites (N-methyl/N-ethyl adjacent to an activating group) is 1. The monoisotopic (exact) mass is 225 g/mol. The average Bonchev–Trinajstić information content (AvgIpc) is 2.30. The zero-order valence-electron chi connectivity index (χ0n) is 8.91. The molecule has 1 aromatic rings. The van der Waals surface area contributed by atoms with E-state index in [9.17, 15) is 0 Å². The van der Waals surface area contributed by atoms with Crippen molar-refractivity contribution < 1.29 is 0 Å². The summed E-state index contributed by atoms with van der Waals surface area (Å²) < 4.78 is 0. The van der Waals surface area contributed by atoms with Crippen molar-refractivity contribution in [2.45, 2.75) is 18.9 Å². The zero-order chi connectivity index (χ0) is 10.7. The number of hydrogen-bond donors (Lipinski definition) is 1. The Morgan fingerprint density at radius 1 is 1.60 bits per heavy atom. The van der Waals surface area contributed by atoms with Gasteiger partial charge < -0.3 is 10.2 Å². The summed E-state index contributed by atoms with van der Waals surface area (Å²) in [6.07, 6.45) is 5.96. The molecule has 0 saturated carbocycles. The summed E-state index contributed by atoms with van der Waals surface area (Å²) in [5, 5.41) is 4.07. The summed E-state index contributed by atoms with van der Waals surface area (Å²) in [7, 11) is 2.02. The Hall–Kier alpha value is -0.800. The lowest BCUT2D eigenvalue weighted by molar-refractivity contribution is 0.449. The molecular weight excluding hydrogens is 210 g/mol. The molecule has 82 valence electrons. The normalized spacial score (nSPS) is 21.7. The molecule has 4 heteroatoms. The van der Waals surface area contributed by atoms with Crippen molar-refractivity contribution in [3.05, 3.63) is 23.5 Å². The van der Waals surface area contributed by atoms with E-state index in [0.717, 1.165) is 23.8 Å². The third-order valence-electron chi connectivity index (χ3n) is 2.92. The summed E-state index contributed by atoms with van der Waals surface area (Å²) in [4.78, 5) is 6.33. The van der Waals surface area contributed by atoms with Crippen molar-refractivity contribution >= 4 is 17.3 Å². The Morgan fingerprint density at radius 3 is 3.20 bits per heavy atom. The molecule has 1 fully saturated rings. The Bertz CT molecular complexity index is 329. The molecule has 15 heavy (non-hydrogen) atoms. The minimum Gasteiger partial charge on any atom is -0.369 e. The van der Waals surface area contributed by atoms with Gasteiger partial charge in [0.25, 0.3) is 0 Å². The highest BCUT2D eigenvalue weighted by atomic mass is 35.5. The van der Waals surface area contributed by atoms with Crippen molar-refractivity contribution in [3.63, 3.8) is 0 Å². The largest absolute Gasteiger partial charge is 0.369 e. The molecule has 0 radical (unpaired) electrons. The quantitative estimate of drug-likeness (QED) is 0.834. The molecule has 1 saturated heterocycles. The first kappa shape index (κ1) is 10.7. The molecule has 3 nitrogen and oxygen atoms in total. The van der Waals surface area contributed by atoms with Crippen LogP contribution in [-0.4, -0.2) is 31.2 Å². The standard InChI is InChI=1S/C11H16ClN3/c1-13-9-3-2-6-15(8-9)11-4-5-14-7-10(11)12/h4-5,7,9,13H,2-3,6,8H2,1H3. The number of piperidine rings is 1. The maximum Gasteiger partial charge on any atom is 0.0822 e. The summed E-state index contributed by atoms with van der Waals surface area (Å²) in [6.45, 7) is 2.11. The van der Waals surface area contributed by atoms with E-state index in [4.69, 9.17) is 11.6 Å². The molecule has 0 amide bonds. The topological polar surface area (TPSA) is 28.2 Å². The van der Waals surface area contributed by atoms with E-state index in [0.29, 0.717) is 6.04 Å². The molecule has 1 unspecified atom stereocenters. The molecule has 0 bridgehead atoms. The van der Waals surface area contributed by atoms with Gasteiger partial charge in [-0.25, -0.2) is 0 Å². The van der Waals surface area contributed by atoms with Crippen LogP contribution in [0.25, 0.3) is 0 Å². The van der Waals surface area contributed by atoms with Crippen LogP contribution >= 0.6 is 11.6 Å². The van der Waals surface area contributed by atoms with Gasteiger partial charge in [-0.3, -0.25) is 4.98 Å². The number of halogens is 1. The molecule has 1 aliphatic heterocycles. The molecule has 2 rings (SSSR count). The molecular formula is C11H16ClN3. The Balaban J connectivity index is 2.13. The van der Waals surface area contributed by atoms with Crippen LogP contribution < -0.4 is 10.2 Å². The van der Waals surface area contributed by atoms with Crippen LogP contribution in [0.15, 0.2) is 18.5 Å². The van der Waals surface area contributed by atoms with Gasteiger partial charge in [-0.15, -0.1) is 0 Å². The van der Waals surface area contributed by atoms with Crippen LogP contribution in [0, 0.1) is 0 Å². The minimum atomic E-state index is 0.572. The lowest BCUT2D eigenvalue weighted by Crippen LogP contribution is -2.44. The first-order valence-corrected chi connectivity index (χ1v) is 5.71. The lowest BCUT2D eigenvalue weighted by atomic mass is 10.1. The van der Waals surface area contributed by atoms with Gasteiger partial charge in [0.15, 0.2) is 0 Å². The van der Waals surface area contributed by atoms with Crippen molar-refractivity contribution in [2.75, 3.05) is 25.0 Å². The molecule has 2 heterocycles. The molecule has 1 N–H and O–H groups in total. The second-order valence-electron chi connectivity index (χ2n) is 3.90. The number of nitrogens with zero attached hydrogens (tertiary/aromatic N) is 2. The van der Waals surface area contributed by atoms with E-state index in [1.54, 1.807) is 12.4 Å². The predicted octanol–water partition coefficient (Wildman–Crippen LogP) is 1.92. The molecule has 0 aromatic carbocycles. The predicted molar refractivity (Wildman–Crippen MR) is 63.5 cm³/mol. The van der Waals surface area contributed by atoms with Gasteiger partial charge in [0.1, 0.15) is 0 Å². The van der Waals surface area contributed by atoms with Crippen molar-refractivity contribution in [3.8, 4) is 0 Å². The number of hydrogen-bond acceptors (Lipinski definition) is 3. The molecule has 0 spiro atoms. The Kier molecular flexibility index (Phi) is 3.44. The third-order valence-corrected chi connectivity index (χ3v) is 3.21. The van der Waals surface area contributed by atoms with Gasteiger partial charge in [0, 0.05) is 31.5 Å². The number of rotatable bonds is 2. The zero-order valence-corrected chi connectivity index (χ0v) is 9.67. The number of pyridine rings is 1. The van der Waals surface area contributed by atoms with E-state index < -0.39 is 0 Å². The molecule has 1 aromatic heterocycles. The van der Waals surface area contributed by atoms with Gasteiger partial charge in [-0.2, -0.15) is 0 Å². The number of anilines is 1. The fourth-order valence-electron chi connectivity index (χ4n) is 2.06. The maximum absolute atomic E-state index is 6.12. The van der Waals surface area contributed by atoms with E-state index in [2.05, 4.69) is 15.2 Å². The van der Waals surface area contributed by atoms with Gasteiger partial charge in [0.05, 0.1) is 10.7 Å². The summed E-state index contributed by atoms with van der Waals surface area (Å²) >= 11 is 6.12. The second kappa shape index (κ2) is 4.81. The minimum absolute atomic E-state index is 0.572. The third kappa shape index (κ3) is 2.41. The second-order valence-corrected chi connectivity index (χ2v) is 4.31. The van der Waals surface area contributed by atoms with Crippen LogP contribution in [0.2, 0.25) is 5.02 Å². The van der Waals surface area contributed by atoms with E-state index >= 15 is 0 Å². The van der Waals surface area contributed by atoms with E-state index in [1.165, 1.54) is 12.8 Å². The van der Waals surface area contributed by atoms with Gasteiger partial charge in [-0.05, 0) is 26.0 Å². The summed E-state index contributed by atoms with van der Waals surface area (Å²) in [6, 6.07) is 2.56. The highest BCUT2D eigenvalue weighted by Gasteiger charge is 2.19. The van der Waals surface area contributed by atoms with Gasteiger partial charge in [-0.1, -0.05) is 11.6 Å². The summed E-state index contributed by atoms with van der Waals surface area (Å²) in [5.74, 6) is 0. The first-order chi connectivity index (χ1) is 7.31. The fraction of sp³-hybridized carbons (Fsp3) is 0.545. The van der Waals surface area contributed by atoms with Crippen LogP contribution in [0.5, 0.6) is 0 Å². The Labute approximate surface area is 95.4 Å².